The minimum absolute atomic E-state index is 0.0226. The van der Waals surface area contributed by atoms with Crippen molar-refractivity contribution in [2.45, 2.75) is 45.0 Å². The van der Waals surface area contributed by atoms with Crippen LogP contribution in [-0.4, -0.2) is 53.0 Å². The van der Waals surface area contributed by atoms with Gasteiger partial charge in [0.25, 0.3) is 5.19 Å². The van der Waals surface area contributed by atoms with Crippen molar-refractivity contribution in [3.63, 3.8) is 0 Å². The highest BCUT2D eigenvalue weighted by Crippen LogP contribution is 2.32. The summed E-state index contributed by atoms with van der Waals surface area (Å²) in [6.45, 7) is 5.81. The van der Waals surface area contributed by atoms with Crippen LogP contribution in [0.4, 0.5) is 6.01 Å². The van der Waals surface area contributed by atoms with E-state index in [1.165, 1.54) is 11.3 Å². The zero-order chi connectivity index (χ0) is 24.4. The molecule has 0 aromatic carbocycles. The lowest BCUT2D eigenvalue weighted by atomic mass is 9.92. The molecular formula is C23H25N6O4S2-. The van der Waals surface area contributed by atoms with Crippen molar-refractivity contribution in [3.8, 4) is 16.5 Å². The van der Waals surface area contributed by atoms with Crippen molar-refractivity contribution >= 4 is 38.8 Å². The molecule has 184 valence electrons. The Balaban J connectivity index is 1.21. The van der Waals surface area contributed by atoms with Crippen LogP contribution in [0.5, 0.6) is 5.19 Å². The summed E-state index contributed by atoms with van der Waals surface area (Å²) in [5, 5.41) is 4.60. The molecule has 12 heteroatoms. The van der Waals surface area contributed by atoms with Gasteiger partial charge in [0.1, 0.15) is 16.5 Å². The monoisotopic (exact) mass is 513 g/mol. The Bertz CT molecular complexity index is 1320. The van der Waals surface area contributed by atoms with E-state index in [4.69, 9.17) is 14.2 Å². The average molecular weight is 514 g/mol. The van der Waals surface area contributed by atoms with E-state index >= 15 is 0 Å². The Hall–Kier alpha value is -2.96. The number of aryl methyl sites for hydroxylation is 1. The van der Waals surface area contributed by atoms with Gasteiger partial charge >= 0.3 is 6.01 Å². The first kappa shape index (κ1) is 23.8. The molecule has 1 aliphatic heterocycles. The van der Waals surface area contributed by atoms with E-state index < -0.39 is 11.1 Å². The normalized spacial score (nSPS) is 16.5. The maximum Gasteiger partial charge on any atom is 0.324 e. The second-order valence-corrected chi connectivity index (χ2v) is 10.3. The second kappa shape index (κ2) is 10.3. The topological polar surface area (TPSA) is 130 Å². The fourth-order valence-electron chi connectivity index (χ4n) is 4.12. The van der Waals surface area contributed by atoms with Gasteiger partial charge in [0.05, 0.1) is 17.1 Å². The number of pyridine rings is 2. The van der Waals surface area contributed by atoms with E-state index in [0.29, 0.717) is 22.8 Å². The zero-order valence-corrected chi connectivity index (χ0v) is 21.0. The summed E-state index contributed by atoms with van der Waals surface area (Å²) in [6, 6.07) is 7.93. The van der Waals surface area contributed by atoms with Crippen LogP contribution in [-0.2, 0) is 23.3 Å². The molecule has 0 radical (unpaired) electrons. The number of nitrogens with zero attached hydrogens (tertiary/aromatic N) is 6. The average Bonchev–Trinajstić information content (AvgIpc) is 3.50. The fraction of sp³-hybridized carbons (Fsp3) is 0.435. The Kier molecular flexibility index (Phi) is 7.02. The molecule has 0 amide bonds. The van der Waals surface area contributed by atoms with Gasteiger partial charge in [-0.15, -0.1) is 0 Å². The van der Waals surface area contributed by atoms with Crippen LogP contribution < -0.4 is 9.64 Å². The molecule has 0 spiro atoms. The highest BCUT2D eigenvalue weighted by molar-refractivity contribution is 7.78. The predicted molar refractivity (Wildman–Crippen MR) is 132 cm³/mol. The van der Waals surface area contributed by atoms with Crippen LogP contribution in [0.15, 0.2) is 35.0 Å². The van der Waals surface area contributed by atoms with Gasteiger partial charge in [0.15, 0.2) is 5.82 Å². The van der Waals surface area contributed by atoms with E-state index in [9.17, 15) is 8.76 Å². The van der Waals surface area contributed by atoms with Crippen LogP contribution in [0.1, 0.15) is 38.2 Å². The SMILES string of the molecule is CCc1noc(N2CCC(C(C)Oc3nc4ccc(-c5ccc(CS(=O)[O-])nc5)nc4s3)CC2)n1. The molecule has 2 atom stereocenters. The minimum atomic E-state index is -2.16. The van der Waals surface area contributed by atoms with E-state index in [2.05, 4.69) is 31.9 Å². The van der Waals surface area contributed by atoms with Gasteiger partial charge in [0, 0.05) is 31.3 Å². The lowest BCUT2D eigenvalue weighted by Crippen LogP contribution is -2.38. The van der Waals surface area contributed by atoms with E-state index in [1.54, 1.807) is 12.3 Å². The summed E-state index contributed by atoms with van der Waals surface area (Å²) in [5.41, 5.74) is 2.85. The van der Waals surface area contributed by atoms with Crippen molar-refractivity contribution in [3.05, 3.63) is 42.0 Å². The van der Waals surface area contributed by atoms with Crippen LogP contribution in [0.2, 0.25) is 0 Å². The standard InChI is InChI=1S/C23H26N6O4S2/c1-3-20-27-22(33-28-20)29-10-8-15(9-11-29)14(2)32-23-26-19-7-6-18(25-21(19)34-23)16-4-5-17(24-12-16)13-35(30)31/h4-7,12,14-15H,3,8-11,13H2,1-2H3,(H,30,31)/p-1. The Labute approximate surface area is 209 Å². The summed E-state index contributed by atoms with van der Waals surface area (Å²) in [4.78, 5) is 20.9. The Morgan fingerprint density at radius 1 is 1.23 bits per heavy atom. The summed E-state index contributed by atoms with van der Waals surface area (Å²) in [7, 11) is 0. The maximum absolute atomic E-state index is 10.9. The largest absolute Gasteiger partial charge is 0.772 e. The van der Waals surface area contributed by atoms with Gasteiger partial charge in [-0.3, -0.25) is 9.19 Å². The quantitative estimate of drug-likeness (QED) is 0.321. The molecule has 5 rings (SSSR count). The zero-order valence-electron chi connectivity index (χ0n) is 19.4. The van der Waals surface area contributed by atoms with Gasteiger partial charge in [-0.25, -0.2) is 9.97 Å². The van der Waals surface area contributed by atoms with E-state index in [0.717, 1.165) is 59.8 Å². The number of hydrogen-bond donors (Lipinski definition) is 0. The third kappa shape index (κ3) is 5.49. The molecule has 4 aromatic rings. The number of piperidine rings is 1. The first-order valence-electron chi connectivity index (χ1n) is 11.5. The van der Waals surface area contributed by atoms with Crippen LogP contribution >= 0.6 is 11.3 Å². The third-order valence-electron chi connectivity index (χ3n) is 6.16. The van der Waals surface area contributed by atoms with Gasteiger partial charge in [0.2, 0.25) is 0 Å². The minimum Gasteiger partial charge on any atom is -0.772 e. The van der Waals surface area contributed by atoms with Crippen molar-refractivity contribution in [2.75, 3.05) is 18.0 Å². The first-order chi connectivity index (χ1) is 17.0. The van der Waals surface area contributed by atoms with Crippen LogP contribution in [0.3, 0.4) is 0 Å². The molecule has 1 saturated heterocycles. The molecular weight excluding hydrogens is 488 g/mol. The maximum atomic E-state index is 10.9. The molecule has 0 aliphatic carbocycles. The summed E-state index contributed by atoms with van der Waals surface area (Å²) >= 11 is -0.739. The van der Waals surface area contributed by atoms with E-state index in [-0.39, 0.29) is 11.9 Å². The number of thiazole rings is 1. The summed E-state index contributed by atoms with van der Waals surface area (Å²) in [5.74, 6) is 1.04. The van der Waals surface area contributed by atoms with Gasteiger partial charge in [-0.1, -0.05) is 23.4 Å². The highest BCUT2D eigenvalue weighted by Gasteiger charge is 2.28. The number of anilines is 1. The fourth-order valence-corrected chi connectivity index (χ4v) is 5.41. The molecule has 4 aromatic heterocycles. The highest BCUT2D eigenvalue weighted by atomic mass is 32.2. The lowest BCUT2D eigenvalue weighted by molar-refractivity contribution is 0.131. The number of aromatic nitrogens is 5. The van der Waals surface area contributed by atoms with Crippen molar-refractivity contribution in [2.24, 2.45) is 5.92 Å². The molecule has 1 aliphatic rings. The Morgan fingerprint density at radius 2 is 2.06 bits per heavy atom. The summed E-state index contributed by atoms with van der Waals surface area (Å²) in [6.07, 6.45) is 4.37. The van der Waals surface area contributed by atoms with E-state index in [1.807, 2.05) is 25.1 Å². The molecule has 0 bridgehead atoms. The number of ether oxygens (including phenoxy) is 1. The molecule has 35 heavy (non-hydrogen) atoms. The molecule has 2 unspecified atom stereocenters. The molecule has 0 N–H and O–H groups in total. The molecule has 10 nitrogen and oxygen atoms in total. The van der Waals surface area contributed by atoms with Crippen molar-refractivity contribution < 1.29 is 18.0 Å². The number of fused-ring (bicyclic) bond motifs is 1. The van der Waals surface area contributed by atoms with Crippen molar-refractivity contribution in [1.29, 1.82) is 0 Å². The molecule has 5 heterocycles. The van der Waals surface area contributed by atoms with Crippen LogP contribution in [0, 0.1) is 5.92 Å². The van der Waals surface area contributed by atoms with Crippen molar-refractivity contribution in [1.82, 2.24) is 25.1 Å². The summed E-state index contributed by atoms with van der Waals surface area (Å²) < 4.78 is 33.3. The molecule has 1 fully saturated rings. The smallest absolute Gasteiger partial charge is 0.324 e. The predicted octanol–water partition coefficient (Wildman–Crippen LogP) is 3.76. The lowest BCUT2D eigenvalue weighted by Gasteiger charge is -2.33. The van der Waals surface area contributed by atoms with Gasteiger partial charge in [-0.2, -0.15) is 4.98 Å². The Morgan fingerprint density at radius 3 is 2.74 bits per heavy atom. The van der Waals surface area contributed by atoms with Gasteiger partial charge in [-0.05, 0) is 61.0 Å². The van der Waals surface area contributed by atoms with Crippen LogP contribution in [0.25, 0.3) is 21.6 Å². The number of rotatable bonds is 8. The number of hydrogen-bond acceptors (Lipinski definition) is 11. The van der Waals surface area contributed by atoms with Gasteiger partial charge < -0.3 is 18.7 Å². The second-order valence-electron chi connectivity index (χ2n) is 8.48. The first-order valence-corrected chi connectivity index (χ1v) is 13.6. The molecule has 0 saturated carbocycles. The third-order valence-corrected chi connectivity index (χ3v) is 7.54.